The summed E-state index contributed by atoms with van der Waals surface area (Å²) in [5.74, 6) is -0.149. The van der Waals surface area contributed by atoms with E-state index in [-0.39, 0.29) is 5.56 Å². The van der Waals surface area contributed by atoms with Gasteiger partial charge in [0.05, 0.1) is 11.1 Å². The fraction of sp³-hybridized carbons (Fsp3) is 0. The Hall–Kier alpha value is -2.94. The second kappa shape index (κ2) is 4.93. The third-order valence-electron chi connectivity index (χ3n) is 2.16. The molecule has 0 atom stereocenters. The van der Waals surface area contributed by atoms with Crippen LogP contribution in [0.2, 0.25) is 0 Å². The molecule has 2 N–H and O–H groups in total. The van der Waals surface area contributed by atoms with E-state index in [1.165, 1.54) is 24.5 Å². The highest BCUT2D eigenvalue weighted by atomic mass is 16.4. The summed E-state index contributed by atoms with van der Waals surface area (Å²) >= 11 is 0. The smallest absolute Gasteiger partial charge is 0.335 e. The van der Waals surface area contributed by atoms with Gasteiger partial charge in [-0.05, 0) is 24.3 Å². The van der Waals surface area contributed by atoms with Crippen LogP contribution in [0.3, 0.4) is 0 Å². The van der Waals surface area contributed by atoms with Crippen LogP contribution in [0.4, 0.5) is 11.6 Å². The van der Waals surface area contributed by atoms with Crippen molar-refractivity contribution >= 4 is 17.6 Å². The minimum atomic E-state index is -1.02. The number of carboxylic acid groups (broad SMARTS) is 1. The van der Waals surface area contributed by atoms with Crippen LogP contribution in [0.5, 0.6) is 0 Å². The number of aromatic nitrogens is 2. The molecule has 0 amide bonds. The van der Waals surface area contributed by atoms with E-state index in [0.29, 0.717) is 17.2 Å². The van der Waals surface area contributed by atoms with Crippen molar-refractivity contribution in [1.29, 1.82) is 5.26 Å². The first kappa shape index (κ1) is 11.5. The molecule has 0 unspecified atom stereocenters. The highest BCUT2D eigenvalue weighted by Gasteiger charge is 2.04. The Morgan fingerprint density at radius 2 is 2.11 bits per heavy atom. The Balaban J connectivity index is 2.20. The number of nitriles is 1. The fourth-order valence-corrected chi connectivity index (χ4v) is 1.30. The van der Waals surface area contributed by atoms with Crippen molar-refractivity contribution in [3.63, 3.8) is 0 Å². The predicted molar refractivity (Wildman–Crippen MR) is 63.4 cm³/mol. The summed E-state index contributed by atoms with van der Waals surface area (Å²) < 4.78 is 0. The van der Waals surface area contributed by atoms with Crippen molar-refractivity contribution in [1.82, 2.24) is 9.97 Å². The largest absolute Gasteiger partial charge is 0.478 e. The van der Waals surface area contributed by atoms with Gasteiger partial charge in [-0.25, -0.2) is 14.8 Å². The van der Waals surface area contributed by atoms with Crippen molar-refractivity contribution in [3.8, 4) is 6.07 Å². The highest BCUT2D eigenvalue weighted by Crippen LogP contribution is 2.13. The molecule has 0 bridgehead atoms. The van der Waals surface area contributed by atoms with Crippen molar-refractivity contribution in [3.05, 3.63) is 47.8 Å². The van der Waals surface area contributed by atoms with Gasteiger partial charge in [-0.15, -0.1) is 0 Å². The fourth-order valence-electron chi connectivity index (χ4n) is 1.30. The SMILES string of the molecule is N#Cc1ccc(Nc2cc(C(=O)O)ccn2)nc1. The number of hydrogen-bond acceptors (Lipinski definition) is 5. The summed E-state index contributed by atoms with van der Waals surface area (Å²) in [7, 11) is 0. The first-order valence-electron chi connectivity index (χ1n) is 5.01. The Morgan fingerprint density at radius 3 is 2.72 bits per heavy atom. The van der Waals surface area contributed by atoms with Crippen molar-refractivity contribution in [2.24, 2.45) is 0 Å². The molecule has 0 aliphatic carbocycles. The van der Waals surface area contributed by atoms with Gasteiger partial charge in [-0.1, -0.05) is 0 Å². The molecule has 0 fully saturated rings. The Bertz CT molecular complexity index is 617. The lowest BCUT2D eigenvalue weighted by molar-refractivity contribution is 0.0697. The maximum Gasteiger partial charge on any atom is 0.335 e. The Morgan fingerprint density at radius 1 is 1.28 bits per heavy atom. The van der Waals surface area contributed by atoms with E-state index < -0.39 is 5.97 Å². The van der Waals surface area contributed by atoms with E-state index in [0.717, 1.165) is 0 Å². The molecule has 6 nitrogen and oxygen atoms in total. The van der Waals surface area contributed by atoms with Crippen molar-refractivity contribution in [2.75, 3.05) is 5.32 Å². The lowest BCUT2D eigenvalue weighted by atomic mass is 10.2. The zero-order chi connectivity index (χ0) is 13.0. The maximum absolute atomic E-state index is 10.8. The lowest BCUT2D eigenvalue weighted by Crippen LogP contribution is -2.00. The third-order valence-corrected chi connectivity index (χ3v) is 2.16. The molecular weight excluding hydrogens is 232 g/mol. The quantitative estimate of drug-likeness (QED) is 0.848. The van der Waals surface area contributed by atoms with Crippen LogP contribution in [-0.4, -0.2) is 21.0 Å². The summed E-state index contributed by atoms with van der Waals surface area (Å²) in [5.41, 5.74) is 0.592. The average Bonchev–Trinajstić information content (AvgIpc) is 2.40. The van der Waals surface area contributed by atoms with Crippen LogP contribution in [-0.2, 0) is 0 Å². The van der Waals surface area contributed by atoms with Crippen LogP contribution >= 0.6 is 0 Å². The zero-order valence-corrected chi connectivity index (χ0v) is 9.16. The normalized spacial score (nSPS) is 9.50. The van der Waals surface area contributed by atoms with E-state index in [2.05, 4.69) is 15.3 Å². The first-order valence-corrected chi connectivity index (χ1v) is 5.01. The number of carbonyl (C=O) groups is 1. The number of hydrogen-bond donors (Lipinski definition) is 2. The van der Waals surface area contributed by atoms with Gasteiger partial charge in [0, 0.05) is 12.4 Å². The minimum Gasteiger partial charge on any atom is -0.478 e. The third kappa shape index (κ3) is 2.59. The standard InChI is InChI=1S/C12H8N4O2/c13-6-8-1-2-10(15-7-8)16-11-5-9(12(17)18)3-4-14-11/h1-5,7H,(H,17,18)(H,14,15,16). The molecule has 2 aromatic rings. The summed E-state index contributed by atoms with van der Waals surface area (Å²) in [6.45, 7) is 0. The van der Waals surface area contributed by atoms with Crippen molar-refractivity contribution in [2.45, 2.75) is 0 Å². The molecule has 2 rings (SSSR count). The summed E-state index contributed by atoms with van der Waals surface area (Å²) in [6, 6.07) is 7.99. The summed E-state index contributed by atoms with van der Waals surface area (Å²) in [6.07, 6.45) is 2.82. The number of anilines is 2. The molecule has 0 aromatic carbocycles. The van der Waals surface area contributed by atoms with Gasteiger partial charge in [0.15, 0.2) is 0 Å². The molecule has 88 valence electrons. The van der Waals surface area contributed by atoms with Crippen LogP contribution in [0.15, 0.2) is 36.7 Å². The Labute approximate surface area is 103 Å². The van der Waals surface area contributed by atoms with Gasteiger partial charge < -0.3 is 10.4 Å². The van der Waals surface area contributed by atoms with Gasteiger partial charge in [0.1, 0.15) is 17.7 Å². The number of nitrogens with zero attached hydrogens (tertiary/aromatic N) is 3. The van der Waals surface area contributed by atoms with Crippen LogP contribution in [0.1, 0.15) is 15.9 Å². The molecule has 18 heavy (non-hydrogen) atoms. The molecule has 0 aliphatic heterocycles. The van der Waals surface area contributed by atoms with Crippen LogP contribution < -0.4 is 5.32 Å². The average molecular weight is 240 g/mol. The molecule has 0 radical (unpaired) electrons. The monoisotopic (exact) mass is 240 g/mol. The van der Waals surface area contributed by atoms with Gasteiger partial charge in [0.2, 0.25) is 0 Å². The summed E-state index contributed by atoms with van der Waals surface area (Å²) in [5, 5.41) is 20.3. The van der Waals surface area contributed by atoms with Crippen LogP contribution in [0, 0.1) is 11.3 Å². The molecule has 0 aliphatic rings. The van der Waals surface area contributed by atoms with E-state index in [1.807, 2.05) is 6.07 Å². The van der Waals surface area contributed by atoms with E-state index in [1.54, 1.807) is 12.1 Å². The minimum absolute atomic E-state index is 0.140. The summed E-state index contributed by atoms with van der Waals surface area (Å²) in [4.78, 5) is 18.8. The number of pyridine rings is 2. The second-order valence-electron chi connectivity index (χ2n) is 3.40. The number of aromatic carboxylic acids is 1. The predicted octanol–water partition coefficient (Wildman–Crippen LogP) is 1.79. The number of rotatable bonds is 3. The molecule has 2 heterocycles. The molecule has 6 heteroatoms. The number of nitrogens with one attached hydrogen (secondary N) is 1. The molecular formula is C12H8N4O2. The second-order valence-corrected chi connectivity index (χ2v) is 3.40. The van der Waals surface area contributed by atoms with Gasteiger partial charge in [-0.3, -0.25) is 0 Å². The van der Waals surface area contributed by atoms with Gasteiger partial charge in [0.25, 0.3) is 0 Å². The maximum atomic E-state index is 10.8. The van der Waals surface area contributed by atoms with Gasteiger partial charge >= 0.3 is 5.97 Å². The highest BCUT2D eigenvalue weighted by molar-refractivity contribution is 5.88. The van der Waals surface area contributed by atoms with E-state index in [9.17, 15) is 4.79 Å². The van der Waals surface area contributed by atoms with E-state index >= 15 is 0 Å². The molecule has 0 saturated heterocycles. The molecule has 2 aromatic heterocycles. The van der Waals surface area contributed by atoms with E-state index in [4.69, 9.17) is 10.4 Å². The molecule has 0 spiro atoms. The van der Waals surface area contributed by atoms with Crippen molar-refractivity contribution < 1.29 is 9.90 Å². The lowest BCUT2D eigenvalue weighted by Gasteiger charge is -2.04. The van der Waals surface area contributed by atoms with Gasteiger partial charge in [-0.2, -0.15) is 5.26 Å². The number of carboxylic acids is 1. The first-order chi connectivity index (χ1) is 8.69. The topological polar surface area (TPSA) is 98.9 Å². The zero-order valence-electron chi connectivity index (χ0n) is 9.16. The van der Waals surface area contributed by atoms with Crippen LogP contribution in [0.25, 0.3) is 0 Å². The molecule has 0 saturated carbocycles. The Kier molecular flexibility index (Phi) is 3.16.